The van der Waals surface area contributed by atoms with E-state index < -0.39 is 12.1 Å². The summed E-state index contributed by atoms with van der Waals surface area (Å²) in [5.74, 6) is -0.655. The highest BCUT2D eigenvalue weighted by molar-refractivity contribution is 7.10. The van der Waals surface area contributed by atoms with Crippen LogP contribution in [0.5, 0.6) is 0 Å². The van der Waals surface area contributed by atoms with Gasteiger partial charge < -0.3 is 4.74 Å². The van der Waals surface area contributed by atoms with E-state index in [0.29, 0.717) is 5.56 Å². The van der Waals surface area contributed by atoms with Gasteiger partial charge >= 0.3 is 5.97 Å². The van der Waals surface area contributed by atoms with E-state index in [1.165, 1.54) is 28.5 Å². The summed E-state index contributed by atoms with van der Waals surface area (Å²) in [5, 5.41) is 1.94. The summed E-state index contributed by atoms with van der Waals surface area (Å²) in [6.45, 7) is 1.62. The highest BCUT2D eigenvalue weighted by Crippen LogP contribution is 2.23. The summed E-state index contributed by atoms with van der Waals surface area (Å²) in [6, 6.07) is 9.61. The molecule has 1 aromatic heterocycles. The molecule has 0 spiro atoms. The van der Waals surface area contributed by atoms with E-state index in [4.69, 9.17) is 4.74 Å². The molecule has 0 fully saturated rings. The van der Waals surface area contributed by atoms with Crippen LogP contribution in [0.15, 0.2) is 41.8 Å². The molecule has 1 aromatic carbocycles. The molecule has 1 aliphatic carbocycles. The molecule has 0 radical (unpaired) electrons. The third-order valence-electron chi connectivity index (χ3n) is 3.97. The van der Waals surface area contributed by atoms with Crippen molar-refractivity contribution in [2.45, 2.75) is 32.3 Å². The molecular weight excluding hydrogens is 308 g/mol. The Bertz CT molecular complexity index is 744. The van der Waals surface area contributed by atoms with Crippen molar-refractivity contribution in [1.29, 1.82) is 0 Å². The van der Waals surface area contributed by atoms with Crippen molar-refractivity contribution in [3.63, 3.8) is 0 Å². The maximum Gasteiger partial charge on any atom is 0.331 e. The van der Waals surface area contributed by atoms with Crippen LogP contribution in [0.1, 0.15) is 39.7 Å². The van der Waals surface area contributed by atoms with E-state index in [-0.39, 0.29) is 5.78 Å². The van der Waals surface area contributed by atoms with E-state index >= 15 is 0 Å². The van der Waals surface area contributed by atoms with Crippen molar-refractivity contribution >= 4 is 29.2 Å². The van der Waals surface area contributed by atoms with Crippen LogP contribution in [-0.2, 0) is 22.4 Å². The van der Waals surface area contributed by atoms with E-state index in [1.807, 2.05) is 35.7 Å². The lowest BCUT2D eigenvalue weighted by atomic mass is 10.0. The first kappa shape index (κ1) is 15.7. The Hall–Kier alpha value is -2.20. The molecular formula is C19H18O3S. The molecule has 1 heterocycles. The molecule has 0 saturated carbocycles. The lowest BCUT2D eigenvalue weighted by molar-refractivity contribution is -0.140. The summed E-state index contributed by atoms with van der Waals surface area (Å²) >= 11 is 1.54. The average molecular weight is 326 g/mol. The van der Waals surface area contributed by atoms with Crippen LogP contribution in [0.4, 0.5) is 0 Å². The molecule has 0 N–H and O–H groups in total. The van der Waals surface area contributed by atoms with Crippen LogP contribution in [0.2, 0.25) is 0 Å². The number of thiophene rings is 1. The van der Waals surface area contributed by atoms with Crippen molar-refractivity contribution in [2.24, 2.45) is 0 Å². The zero-order valence-corrected chi connectivity index (χ0v) is 13.8. The number of ketones is 1. The average Bonchev–Trinajstić information content (AvgIpc) is 3.22. The fraction of sp³-hybridized carbons (Fsp3) is 0.263. The van der Waals surface area contributed by atoms with Crippen LogP contribution in [0.25, 0.3) is 6.08 Å². The Labute approximate surface area is 139 Å². The third kappa shape index (κ3) is 3.77. The predicted octanol–water partition coefficient (Wildman–Crippen LogP) is 4.06. The molecule has 118 valence electrons. The van der Waals surface area contributed by atoms with Gasteiger partial charge in [-0.1, -0.05) is 18.2 Å². The number of fused-ring (bicyclic) bond motifs is 1. The molecule has 0 bridgehead atoms. The third-order valence-corrected chi connectivity index (χ3v) is 4.81. The second-order valence-electron chi connectivity index (χ2n) is 5.63. The highest BCUT2D eigenvalue weighted by Gasteiger charge is 2.20. The first-order valence-corrected chi connectivity index (χ1v) is 8.59. The Morgan fingerprint density at radius 2 is 2.04 bits per heavy atom. The van der Waals surface area contributed by atoms with E-state index in [9.17, 15) is 9.59 Å². The smallest absolute Gasteiger partial charge is 0.331 e. The maximum absolute atomic E-state index is 12.4. The number of esters is 1. The fourth-order valence-corrected chi connectivity index (χ4v) is 3.38. The van der Waals surface area contributed by atoms with Gasteiger partial charge in [-0.05, 0) is 60.9 Å². The number of hydrogen-bond acceptors (Lipinski definition) is 4. The normalized spacial score (nSPS) is 14.7. The van der Waals surface area contributed by atoms with E-state index in [1.54, 1.807) is 13.0 Å². The molecule has 3 nitrogen and oxygen atoms in total. The molecule has 4 heteroatoms. The number of ether oxygens (including phenoxy) is 1. The number of rotatable bonds is 5. The zero-order chi connectivity index (χ0) is 16.2. The molecule has 0 aliphatic heterocycles. The number of carbonyl (C=O) groups is 2. The van der Waals surface area contributed by atoms with Gasteiger partial charge in [0.05, 0.1) is 0 Å². The topological polar surface area (TPSA) is 43.4 Å². The van der Waals surface area contributed by atoms with Crippen molar-refractivity contribution in [3.8, 4) is 0 Å². The van der Waals surface area contributed by atoms with Gasteiger partial charge in [0.15, 0.2) is 6.10 Å². The zero-order valence-electron chi connectivity index (χ0n) is 13.0. The quantitative estimate of drug-likeness (QED) is 0.473. The minimum atomic E-state index is -0.782. The maximum atomic E-state index is 12.4. The summed E-state index contributed by atoms with van der Waals surface area (Å²) in [7, 11) is 0. The Morgan fingerprint density at radius 3 is 2.83 bits per heavy atom. The lowest BCUT2D eigenvalue weighted by Crippen LogP contribution is -2.23. The number of hydrogen-bond donors (Lipinski definition) is 0. The van der Waals surface area contributed by atoms with Gasteiger partial charge in [-0.2, -0.15) is 0 Å². The first-order chi connectivity index (χ1) is 11.1. The van der Waals surface area contributed by atoms with Crippen molar-refractivity contribution in [2.75, 3.05) is 0 Å². The van der Waals surface area contributed by atoms with Crippen molar-refractivity contribution in [3.05, 3.63) is 63.4 Å². The summed E-state index contributed by atoms with van der Waals surface area (Å²) in [5.41, 5.74) is 3.19. The summed E-state index contributed by atoms with van der Waals surface area (Å²) in [4.78, 5) is 25.2. The van der Waals surface area contributed by atoms with E-state index in [0.717, 1.165) is 24.1 Å². The van der Waals surface area contributed by atoms with Gasteiger partial charge in [0.1, 0.15) is 0 Å². The highest BCUT2D eigenvalue weighted by atomic mass is 32.1. The monoisotopic (exact) mass is 326 g/mol. The minimum Gasteiger partial charge on any atom is -0.451 e. The van der Waals surface area contributed by atoms with Gasteiger partial charge in [0, 0.05) is 16.5 Å². The van der Waals surface area contributed by atoms with Crippen LogP contribution >= 0.6 is 11.3 Å². The van der Waals surface area contributed by atoms with Crippen LogP contribution in [0.3, 0.4) is 0 Å². The number of Topliss-reactive ketones (excluding diaryl/α,β-unsaturated/α-hetero) is 1. The Morgan fingerprint density at radius 1 is 1.22 bits per heavy atom. The largest absolute Gasteiger partial charge is 0.451 e. The molecule has 0 saturated heterocycles. The Kier molecular flexibility index (Phi) is 4.72. The standard InChI is InChI=1S/C19H18O3S/c1-13(22-18(20)10-9-17-6-3-11-23-17)19(21)16-8-7-14-4-2-5-15(14)12-16/h3,6-13H,2,4-5H2,1H3/b10-9+. The Balaban J connectivity index is 1.62. The SMILES string of the molecule is CC(OC(=O)/C=C/c1cccs1)C(=O)c1ccc2c(c1)CCC2. The summed E-state index contributed by atoms with van der Waals surface area (Å²) < 4.78 is 5.21. The van der Waals surface area contributed by atoms with Crippen LogP contribution in [0, 0.1) is 0 Å². The molecule has 1 atom stereocenters. The first-order valence-electron chi connectivity index (χ1n) is 7.72. The molecule has 2 aromatic rings. The molecule has 1 unspecified atom stereocenters. The molecule has 0 amide bonds. The van der Waals surface area contributed by atoms with Crippen molar-refractivity contribution in [1.82, 2.24) is 0 Å². The summed E-state index contributed by atoms with van der Waals surface area (Å²) in [6.07, 6.45) is 5.52. The number of carbonyl (C=O) groups excluding carboxylic acids is 2. The van der Waals surface area contributed by atoms with Crippen LogP contribution < -0.4 is 0 Å². The van der Waals surface area contributed by atoms with Gasteiger partial charge in [-0.15, -0.1) is 11.3 Å². The van der Waals surface area contributed by atoms with Gasteiger partial charge in [0.25, 0.3) is 0 Å². The second kappa shape index (κ2) is 6.92. The van der Waals surface area contributed by atoms with E-state index in [2.05, 4.69) is 0 Å². The minimum absolute atomic E-state index is 0.155. The molecule has 3 rings (SSSR count). The molecule has 1 aliphatic rings. The van der Waals surface area contributed by atoms with Crippen LogP contribution in [-0.4, -0.2) is 17.9 Å². The van der Waals surface area contributed by atoms with Gasteiger partial charge in [0.2, 0.25) is 5.78 Å². The van der Waals surface area contributed by atoms with Crippen molar-refractivity contribution < 1.29 is 14.3 Å². The molecule has 23 heavy (non-hydrogen) atoms. The number of benzene rings is 1. The second-order valence-corrected chi connectivity index (χ2v) is 6.61. The predicted molar refractivity (Wildman–Crippen MR) is 91.7 cm³/mol. The van der Waals surface area contributed by atoms with Gasteiger partial charge in [-0.3, -0.25) is 4.79 Å². The number of aryl methyl sites for hydroxylation is 2. The van der Waals surface area contributed by atoms with Gasteiger partial charge in [-0.25, -0.2) is 4.79 Å². The lowest BCUT2D eigenvalue weighted by Gasteiger charge is -2.11. The fourth-order valence-electron chi connectivity index (χ4n) is 2.76.